The molecule has 2 fully saturated rings. The third-order valence-electron chi connectivity index (χ3n) is 6.05. The molecule has 0 spiro atoms. The summed E-state index contributed by atoms with van der Waals surface area (Å²) in [4.78, 5) is 1.10. The van der Waals surface area contributed by atoms with Gasteiger partial charge in [0.05, 0.1) is 11.8 Å². The lowest BCUT2D eigenvalue weighted by Crippen LogP contribution is -2.53. The summed E-state index contributed by atoms with van der Waals surface area (Å²) < 4.78 is 16.9. The highest BCUT2D eigenvalue weighted by atomic mass is 32.2. The minimum absolute atomic E-state index is 0.0524. The molecule has 4 atom stereocenters. The Morgan fingerprint density at radius 1 is 1.31 bits per heavy atom. The molecule has 3 rings (SSSR count). The van der Waals surface area contributed by atoms with Gasteiger partial charge in [-0.2, -0.15) is 0 Å². The number of fused-ring (bicyclic) bond motifs is 1. The lowest BCUT2D eigenvalue weighted by Gasteiger charge is -2.42. The fraction of sp³-hybridized carbons (Fsp3) is 0.650. The lowest BCUT2D eigenvalue weighted by molar-refractivity contribution is -0.0700. The van der Waals surface area contributed by atoms with Crippen LogP contribution in [0.25, 0.3) is 0 Å². The topological polar surface area (TPSA) is 54.4 Å². The third kappa shape index (κ3) is 3.80. The molecule has 4 nitrogen and oxygen atoms in total. The first-order valence-electron chi connectivity index (χ1n) is 9.30. The van der Waals surface area contributed by atoms with E-state index in [2.05, 4.69) is 69.5 Å². The summed E-state index contributed by atoms with van der Waals surface area (Å²) in [5.74, 6) is 0. The van der Waals surface area contributed by atoms with Crippen molar-refractivity contribution in [1.82, 2.24) is 0 Å². The van der Waals surface area contributed by atoms with Gasteiger partial charge in [0.15, 0.2) is 8.32 Å². The van der Waals surface area contributed by atoms with Crippen molar-refractivity contribution >= 4 is 26.0 Å². The average molecular weight is 394 g/mol. The van der Waals surface area contributed by atoms with Gasteiger partial charge in [-0.3, -0.25) is 0 Å². The maximum absolute atomic E-state index is 11.3. The van der Waals surface area contributed by atoms with E-state index >= 15 is 0 Å². The summed E-state index contributed by atoms with van der Waals surface area (Å²) in [7, 11) is -1.95. The van der Waals surface area contributed by atoms with Gasteiger partial charge in [-0.05, 0) is 44.1 Å². The molecule has 26 heavy (non-hydrogen) atoms. The highest BCUT2D eigenvalue weighted by Gasteiger charge is 2.66. The van der Waals surface area contributed by atoms with Crippen LogP contribution in [0.4, 0.5) is 0 Å². The van der Waals surface area contributed by atoms with Crippen molar-refractivity contribution in [3.05, 3.63) is 29.8 Å². The van der Waals surface area contributed by atoms with Crippen LogP contribution in [0.1, 0.15) is 39.7 Å². The summed E-state index contributed by atoms with van der Waals surface area (Å²) in [6, 6.07) is 8.30. The number of epoxide rings is 1. The van der Waals surface area contributed by atoms with Crippen LogP contribution >= 0.6 is 11.9 Å². The molecular weight excluding hydrogens is 362 g/mol. The Hall–Kier alpha value is -0.663. The average Bonchev–Trinajstić information content (AvgIpc) is 3.27. The van der Waals surface area contributed by atoms with Gasteiger partial charge < -0.3 is 14.3 Å². The Balaban J connectivity index is 1.69. The van der Waals surface area contributed by atoms with E-state index in [0.717, 1.165) is 10.6 Å². The van der Waals surface area contributed by atoms with Crippen LogP contribution in [-0.4, -0.2) is 43.0 Å². The maximum atomic E-state index is 11.3. The molecule has 1 aliphatic carbocycles. The predicted molar refractivity (Wildman–Crippen MR) is 110 cm³/mol. The fourth-order valence-electron chi connectivity index (χ4n) is 3.13. The lowest BCUT2D eigenvalue weighted by atomic mass is 9.95. The normalized spacial score (nSPS) is 31.2. The Labute approximate surface area is 162 Å². The molecule has 6 heteroatoms. The van der Waals surface area contributed by atoms with E-state index in [4.69, 9.17) is 9.16 Å². The number of hydrogen-bond acceptors (Lipinski definition) is 5. The van der Waals surface area contributed by atoms with E-state index in [1.165, 1.54) is 17.5 Å². The van der Waals surface area contributed by atoms with E-state index < -0.39 is 13.9 Å². The van der Waals surface area contributed by atoms with Gasteiger partial charge in [0.25, 0.3) is 0 Å². The largest absolute Gasteiger partial charge is 0.411 e. The van der Waals surface area contributed by atoms with Gasteiger partial charge in [-0.1, -0.05) is 38.5 Å². The van der Waals surface area contributed by atoms with E-state index in [1.54, 1.807) is 0 Å². The van der Waals surface area contributed by atoms with Gasteiger partial charge in [-0.25, -0.2) is 4.40 Å². The van der Waals surface area contributed by atoms with Gasteiger partial charge >= 0.3 is 0 Å². The van der Waals surface area contributed by atoms with Crippen molar-refractivity contribution in [3.63, 3.8) is 0 Å². The molecule has 1 saturated carbocycles. The highest BCUT2D eigenvalue weighted by molar-refractivity contribution is 7.98. The minimum Gasteiger partial charge on any atom is -0.411 e. The molecule has 1 saturated heterocycles. The molecule has 1 aromatic carbocycles. The summed E-state index contributed by atoms with van der Waals surface area (Å²) in [5, 5.41) is 11.4. The Morgan fingerprint density at radius 2 is 1.92 bits per heavy atom. The molecule has 144 valence electrons. The predicted octanol–water partition coefficient (Wildman–Crippen LogP) is 4.76. The number of benzene rings is 1. The highest BCUT2D eigenvalue weighted by Crippen LogP contribution is 2.49. The molecule has 1 heterocycles. The molecule has 1 aliphatic heterocycles. The van der Waals surface area contributed by atoms with E-state index in [-0.39, 0.29) is 23.4 Å². The van der Waals surface area contributed by atoms with Crippen molar-refractivity contribution in [3.8, 4) is 0 Å². The monoisotopic (exact) mass is 393 g/mol. The number of aryl methyl sites for hydroxylation is 1. The van der Waals surface area contributed by atoms with Crippen molar-refractivity contribution < 1.29 is 14.3 Å². The number of aliphatic hydroxyl groups is 1. The number of rotatable bonds is 5. The van der Waals surface area contributed by atoms with Crippen molar-refractivity contribution in [2.45, 2.75) is 88.0 Å². The second kappa shape index (κ2) is 6.74. The molecule has 0 unspecified atom stereocenters. The smallest absolute Gasteiger partial charge is 0.192 e. The first kappa shape index (κ1) is 20.1. The summed E-state index contributed by atoms with van der Waals surface area (Å²) in [5.41, 5.74) is 1.19. The third-order valence-corrected chi connectivity index (χ3v) is 11.4. The molecular formula is C20H31NO3SSi. The Bertz CT molecular complexity index is 698. The zero-order valence-corrected chi connectivity index (χ0v) is 18.7. The van der Waals surface area contributed by atoms with Crippen LogP contribution in [0.5, 0.6) is 0 Å². The zero-order valence-electron chi connectivity index (χ0n) is 16.9. The quantitative estimate of drug-likeness (QED) is 0.445. The van der Waals surface area contributed by atoms with Crippen LogP contribution in [-0.2, 0) is 9.16 Å². The number of nitrogens with zero attached hydrogens (tertiary/aromatic N) is 1. The van der Waals surface area contributed by atoms with Crippen LogP contribution in [0.2, 0.25) is 18.1 Å². The second-order valence-electron chi connectivity index (χ2n) is 9.15. The number of hydrogen-bond donors (Lipinski definition) is 1. The molecule has 1 aromatic rings. The molecule has 0 radical (unpaired) electrons. The van der Waals surface area contributed by atoms with E-state index in [0.29, 0.717) is 6.42 Å². The molecule has 0 amide bonds. The van der Waals surface area contributed by atoms with Crippen LogP contribution < -0.4 is 0 Å². The van der Waals surface area contributed by atoms with Crippen molar-refractivity contribution in [1.29, 1.82) is 0 Å². The number of ether oxygens (including phenoxy) is 1. The molecule has 1 N–H and O–H groups in total. The van der Waals surface area contributed by atoms with Gasteiger partial charge in [0.1, 0.15) is 17.8 Å². The molecule has 2 aliphatic rings. The first-order chi connectivity index (χ1) is 11.9. The SMILES string of the molecule is Cc1ccc(S/N=C2\C[C@@](O)([C@H](C)O[Si](C)(C)C(C)(C)C)[C@@H]3O[C@H]23)cc1. The van der Waals surface area contributed by atoms with Crippen LogP contribution in [0, 0.1) is 6.92 Å². The summed E-state index contributed by atoms with van der Waals surface area (Å²) in [6.45, 7) is 15.1. The van der Waals surface area contributed by atoms with Gasteiger partial charge in [-0.15, -0.1) is 0 Å². The Kier molecular flexibility index (Phi) is 5.21. The van der Waals surface area contributed by atoms with E-state index in [1.807, 2.05) is 6.92 Å². The fourth-order valence-corrected chi connectivity index (χ4v) is 5.22. The summed E-state index contributed by atoms with van der Waals surface area (Å²) in [6.07, 6.45) is 0.0234. The summed E-state index contributed by atoms with van der Waals surface area (Å²) >= 11 is 1.45. The van der Waals surface area contributed by atoms with Crippen molar-refractivity contribution in [2.75, 3.05) is 0 Å². The first-order valence-corrected chi connectivity index (χ1v) is 13.0. The maximum Gasteiger partial charge on any atom is 0.192 e. The van der Waals surface area contributed by atoms with Crippen LogP contribution in [0.3, 0.4) is 0 Å². The van der Waals surface area contributed by atoms with Crippen LogP contribution in [0.15, 0.2) is 33.6 Å². The zero-order chi connectivity index (χ0) is 19.3. The second-order valence-corrected chi connectivity index (χ2v) is 14.7. The Morgan fingerprint density at radius 3 is 2.50 bits per heavy atom. The van der Waals surface area contributed by atoms with E-state index in [9.17, 15) is 5.11 Å². The molecule has 0 aromatic heterocycles. The van der Waals surface area contributed by atoms with Gasteiger partial charge in [0.2, 0.25) is 0 Å². The minimum atomic E-state index is -1.95. The standard InChI is InChI=1S/C20H31NO3SSi/c1-13-8-10-15(11-9-13)25-21-16-12-20(22,18-17(16)23-18)14(2)24-26(6,7)19(3,4)5/h8-11,14,17-18,22H,12H2,1-7H3/b21-16+/t14-,17+,18+,20+/m0/s1. The van der Waals surface area contributed by atoms with Gasteiger partial charge in [0, 0.05) is 23.3 Å². The molecule has 0 bridgehead atoms. The van der Waals surface area contributed by atoms with Crippen molar-refractivity contribution in [2.24, 2.45) is 4.40 Å².